The molecule has 6 rings (SSSR count). The van der Waals surface area contributed by atoms with Gasteiger partial charge in [0.25, 0.3) is 17.7 Å². The van der Waals surface area contributed by atoms with Crippen molar-refractivity contribution in [3.63, 3.8) is 0 Å². The van der Waals surface area contributed by atoms with E-state index in [-0.39, 0.29) is 48.4 Å². The zero-order chi connectivity index (χ0) is 35.9. The van der Waals surface area contributed by atoms with Crippen LogP contribution in [0.15, 0.2) is 175 Å². The minimum absolute atomic E-state index is 0.0541. The Morgan fingerprint density at radius 2 is 0.720 bits per heavy atom. The molecule has 0 amide bonds. The third-order valence-corrected chi connectivity index (χ3v) is 16.6. The van der Waals surface area contributed by atoms with Gasteiger partial charge in [-0.15, -0.1) is 0 Å². The van der Waals surface area contributed by atoms with Gasteiger partial charge in [0.2, 0.25) is 19.7 Å². The van der Waals surface area contributed by atoms with Gasteiger partial charge in [-0.05, 0) is 84.4 Å². The summed E-state index contributed by atoms with van der Waals surface area (Å²) in [7, 11) is -19.4. The molecule has 0 fully saturated rings. The molecule has 2 N–H and O–H groups in total. The van der Waals surface area contributed by atoms with Crippen molar-refractivity contribution >= 4 is 37.4 Å². The number of hydrogen-bond acceptors (Lipinski definition) is 10. The van der Waals surface area contributed by atoms with Crippen LogP contribution in [-0.2, 0) is 37.4 Å². The summed E-state index contributed by atoms with van der Waals surface area (Å²) in [6.07, 6.45) is 0. The predicted octanol–water partition coefficient (Wildman–Crippen LogP) is 6.26. The molecule has 254 valence electrons. The van der Waals surface area contributed by atoms with E-state index in [1.54, 1.807) is 0 Å². The van der Waals surface area contributed by atoms with E-state index in [1.807, 2.05) is 0 Å². The van der Waals surface area contributed by atoms with E-state index in [2.05, 4.69) is 0 Å². The van der Waals surface area contributed by atoms with Gasteiger partial charge in [-0.1, -0.05) is 66.7 Å². The first-order valence-corrected chi connectivity index (χ1v) is 21.1. The highest BCUT2D eigenvalue weighted by Gasteiger charge is 2.38. The Morgan fingerprint density at radius 3 is 1.24 bits per heavy atom. The number of benzene rings is 6. The van der Waals surface area contributed by atoms with Crippen LogP contribution in [0.4, 0.5) is 0 Å². The van der Waals surface area contributed by atoms with Crippen LogP contribution >= 0.6 is 0 Å². The Balaban J connectivity index is 1.72. The SMILES string of the molecule is O=S(=O)(c1ccc(O)cc1)c1ccccc1-c1cccc(S(=O)(=O)S(=O)(=O)c2ccccc2)c1-c1ccccc1S(=O)(=O)c1ccc(O)cc1. The van der Waals surface area contributed by atoms with Gasteiger partial charge in [0.1, 0.15) is 11.5 Å². The summed E-state index contributed by atoms with van der Waals surface area (Å²) in [5.41, 5.74) is -0.754. The van der Waals surface area contributed by atoms with Crippen molar-refractivity contribution in [1.29, 1.82) is 0 Å². The third kappa shape index (κ3) is 5.96. The Labute approximate surface area is 288 Å². The summed E-state index contributed by atoms with van der Waals surface area (Å²) < 4.78 is 113. The molecule has 0 aliphatic carbocycles. The molecule has 0 atom stereocenters. The molecule has 6 aromatic rings. The predicted molar refractivity (Wildman–Crippen MR) is 185 cm³/mol. The number of phenols is 2. The number of rotatable bonds is 9. The van der Waals surface area contributed by atoms with Gasteiger partial charge in [-0.25, -0.2) is 33.7 Å². The molecule has 0 aliphatic rings. The lowest BCUT2D eigenvalue weighted by Gasteiger charge is -2.20. The summed E-state index contributed by atoms with van der Waals surface area (Å²) in [6.45, 7) is 0. The van der Waals surface area contributed by atoms with Crippen LogP contribution in [0.2, 0.25) is 0 Å². The third-order valence-electron chi connectivity index (χ3n) is 7.82. The van der Waals surface area contributed by atoms with Crippen molar-refractivity contribution in [2.24, 2.45) is 0 Å². The first-order chi connectivity index (χ1) is 23.7. The van der Waals surface area contributed by atoms with E-state index in [4.69, 9.17) is 0 Å². The molecule has 0 radical (unpaired) electrons. The summed E-state index contributed by atoms with van der Waals surface area (Å²) in [5.74, 6) is -0.378. The van der Waals surface area contributed by atoms with Gasteiger partial charge < -0.3 is 10.2 Å². The second-order valence-corrected chi connectivity index (χ2v) is 20.1. The Morgan fingerprint density at radius 1 is 0.320 bits per heavy atom. The van der Waals surface area contributed by atoms with Gasteiger partial charge in [0, 0.05) is 16.7 Å². The van der Waals surface area contributed by atoms with E-state index in [1.165, 1.54) is 103 Å². The monoisotopic (exact) mass is 746 g/mol. The van der Waals surface area contributed by atoms with Crippen LogP contribution in [0.1, 0.15) is 0 Å². The highest BCUT2D eigenvalue weighted by molar-refractivity contribution is 8.67. The van der Waals surface area contributed by atoms with E-state index in [9.17, 15) is 43.9 Å². The fourth-order valence-electron chi connectivity index (χ4n) is 5.41. The normalized spacial score (nSPS) is 12.4. The topological polar surface area (TPSA) is 177 Å². The molecular formula is C36H26O10S4. The number of aromatic hydroxyl groups is 2. The Bertz CT molecular complexity index is 2690. The van der Waals surface area contributed by atoms with Gasteiger partial charge in [0.15, 0.2) is 0 Å². The second kappa shape index (κ2) is 12.9. The molecule has 0 saturated heterocycles. The number of sulfone groups is 2. The van der Waals surface area contributed by atoms with Crippen molar-refractivity contribution in [3.05, 3.63) is 146 Å². The lowest BCUT2D eigenvalue weighted by Crippen LogP contribution is -2.18. The quantitative estimate of drug-likeness (QED) is 0.161. The van der Waals surface area contributed by atoms with Crippen molar-refractivity contribution in [3.8, 4) is 33.8 Å². The maximum Gasteiger partial charge on any atom is 0.287 e. The summed E-state index contributed by atoms with van der Waals surface area (Å²) >= 11 is 0. The zero-order valence-electron chi connectivity index (χ0n) is 25.6. The molecule has 6 aromatic carbocycles. The maximum atomic E-state index is 14.3. The molecule has 0 saturated carbocycles. The highest BCUT2D eigenvalue weighted by atomic mass is 33.2. The fourth-order valence-corrected chi connectivity index (χ4v) is 12.3. The molecular weight excluding hydrogens is 721 g/mol. The van der Waals surface area contributed by atoms with Crippen LogP contribution in [0.5, 0.6) is 11.5 Å². The second-order valence-electron chi connectivity index (χ2n) is 10.9. The smallest absolute Gasteiger partial charge is 0.287 e. The van der Waals surface area contributed by atoms with Crippen LogP contribution in [-0.4, -0.2) is 43.9 Å². The standard InChI is InChI=1S/C36H26O10S4/c37-25-17-21-27(22-18-25)47(39,40)33-14-6-4-11-30(33)31-13-8-16-35(50(45,46)49(43,44)29-9-2-1-3-10-29)36(31)32-12-5-7-15-34(32)48(41,42)28-23-19-26(38)20-24-28/h1-24,37-38H. The van der Waals surface area contributed by atoms with E-state index in [0.29, 0.717) is 0 Å². The fraction of sp³-hybridized carbons (Fsp3) is 0. The van der Waals surface area contributed by atoms with Crippen LogP contribution in [0.3, 0.4) is 0 Å². The summed E-state index contributed by atoms with van der Waals surface area (Å²) in [6, 6.07) is 30.4. The Hall–Kier alpha value is -5.28. The molecule has 0 unspecified atom stereocenters. The molecule has 0 bridgehead atoms. The first-order valence-electron chi connectivity index (χ1n) is 14.6. The number of hydrogen-bond donors (Lipinski definition) is 2. The van der Waals surface area contributed by atoms with Crippen LogP contribution < -0.4 is 0 Å². The summed E-state index contributed by atoms with van der Waals surface area (Å²) in [4.78, 5) is -2.48. The zero-order valence-corrected chi connectivity index (χ0v) is 28.9. The molecule has 0 aromatic heterocycles. The highest BCUT2D eigenvalue weighted by Crippen LogP contribution is 2.45. The van der Waals surface area contributed by atoms with Crippen molar-refractivity contribution < 1.29 is 43.9 Å². The van der Waals surface area contributed by atoms with Gasteiger partial charge in [-0.2, -0.15) is 0 Å². The lowest BCUT2D eigenvalue weighted by molar-refractivity contribution is 0.474. The summed E-state index contributed by atoms with van der Waals surface area (Å²) in [5, 5.41) is 19.6. The maximum absolute atomic E-state index is 14.3. The minimum atomic E-state index is -5.37. The molecule has 0 aliphatic heterocycles. The van der Waals surface area contributed by atoms with Gasteiger partial charge >= 0.3 is 0 Å². The molecule has 0 heterocycles. The van der Waals surface area contributed by atoms with Crippen LogP contribution in [0, 0.1) is 0 Å². The number of phenolic OH excluding ortho intramolecular Hbond substituents is 2. The molecule has 50 heavy (non-hydrogen) atoms. The molecule has 10 nitrogen and oxygen atoms in total. The largest absolute Gasteiger partial charge is 0.508 e. The van der Waals surface area contributed by atoms with E-state index < -0.39 is 52.1 Å². The average molecular weight is 747 g/mol. The van der Waals surface area contributed by atoms with Gasteiger partial charge in [-0.3, -0.25) is 0 Å². The average Bonchev–Trinajstić information content (AvgIpc) is 3.12. The Kier molecular flexibility index (Phi) is 8.90. The van der Waals surface area contributed by atoms with Crippen molar-refractivity contribution in [2.45, 2.75) is 29.4 Å². The van der Waals surface area contributed by atoms with E-state index in [0.717, 1.165) is 42.5 Å². The van der Waals surface area contributed by atoms with Gasteiger partial charge in [0.05, 0.1) is 29.4 Å². The molecule has 14 heteroatoms. The molecule has 0 spiro atoms. The van der Waals surface area contributed by atoms with E-state index >= 15 is 0 Å². The van der Waals surface area contributed by atoms with Crippen molar-refractivity contribution in [1.82, 2.24) is 0 Å². The lowest BCUT2D eigenvalue weighted by atomic mass is 9.94. The van der Waals surface area contributed by atoms with Crippen LogP contribution in [0.25, 0.3) is 22.3 Å². The minimum Gasteiger partial charge on any atom is -0.508 e. The van der Waals surface area contributed by atoms with Crippen molar-refractivity contribution in [2.75, 3.05) is 0 Å². The first kappa shape index (κ1) is 34.6.